The van der Waals surface area contributed by atoms with Gasteiger partial charge in [-0.2, -0.15) is 0 Å². The van der Waals surface area contributed by atoms with Crippen LogP contribution in [0.25, 0.3) is 0 Å². The number of carbonyl (C=O) groups excluding carboxylic acids is 2. The summed E-state index contributed by atoms with van der Waals surface area (Å²) in [5, 5.41) is 2.98. The smallest absolute Gasteiger partial charge is 0.225 e. The normalized spacial score (nSPS) is 17.9. The molecule has 1 N–H and O–H groups in total. The van der Waals surface area contributed by atoms with Crippen molar-refractivity contribution in [2.75, 3.05) is 34.4 Å². The second kappa shape index (κ2) is 10.3. The molecule has 32 heavy (non-hydrogen) atoms. The first-order valence-electron chi connectivity index (χ1n) is 10.7. The Bertz CT molecular complexity index is 923. The van der Waals surface area contributed by atoms with Crippen LogP contribution in [0.2, 0.25) is 0 Å². The van der Waals surface area contributed by atoms with Crippen LogP contribution in [0.3, 0.4) is 0 Å². The average molecular weight is 442 g/mol. The summed E-state index contributed by atoms with van der Waals surface area (Å²) in [6.07, 6.45) is 1.69. The third kappa shape index (κ3) is 4.95. The predicted octanol–water partition coefficient (Wildman–Crippen LogP) is 2.62. The van der Waals surface area contributed by atoms with Gasteiger partial charge in [0.15, 0.2) is 11.5 Å². The number of pyridine rings is 1. The monoisotopic (exact) mass is 441 g/mol. The van der Waals surface area contributed by atoms with E-state index < -0.39 is 5.92 Å². The van der Waals surface area contributed by atoms with Crippen LogP contribution in [-0.4, -0.2) is 56.1 Å². The molecule has 1 fully saturated rings. The van der Waals surface area contributed by atoms with Crippen molar-refractivity contribution in [1.82, 2.24) is 15.2 Å². The summed E-state index contributed by atoms with van der Waals surface area (Å²) in [6.45, 7) is 4.86. The minimum atomic E-state index is -0.413. The molecule has 1 aromatic heterocycles. The van der Waals surface area contributed by atoms with Gasteiger partial charge in [0.05, 0.1) is 39.5 Å². The summed E-state index contributed by atoms with van der Waals surface area (Å²) >= 11 is 0. The second-order valence-electron chi connectivity index (χ2n) is 8.11. The van der Waals surface area contributed by atoms with E-state index in [-0.39, 0.29) is 23.7 Å². The lowest BCUT2D eigenvalue weighted by atomic mass is 9.88. The molecule has 2 unspecified atom stereocenters. The van der Waals surface area contributed by atoms with Crippen LogP contribution < -0.4 is 19.5 Å². The Balaban J connectivity index is 1.91. The van der Waals surface area contributed by atoms with E-state index >= 15 is 0 Å². The van der Waals surface area contributed by atoms with Crippen molar-refractivity contribution < 1.29 is 23.8 Å². The van der Waals surface area contributed by atoms with Crippen molar-refractivity contribution in [3.05, 3.63) is 47.8 Å². The van der Waals surface area contributed by atoms with Gasteiger partial charge in [0.25, 0.3) is 0 Å². The van der Waals surface area contributed by atoms with Crippen LogP contribution in [0.1, 0.15) is 31.0 Å². The Labute approximate surface area is 188 Å². The van der Waals surface area contributed by atoms with Crippen LogP contribution in [0.4, 0.5) is 0 Å². The lowest BCUT2D eigenvalue weighted by Crippen LogP contribution is -2.36. The standard InChI is InChI=1S/C24H31N3O5/c1-15(2)24(29)27-13-18(16-10-20(30-3)22(32-5)21(11-16)31-4)19(14-27)23(28)26-12-17-8-6-7-9-25-17/h6-11,15,18-19H,12-14H2,1-5H3,(H,26,28). The number of ether oxygens (including phenoxy) is 3. The van der Waals surface area contributed by atoms with Crippen molar-refractivity contribution in [2.24, 2.45) is 11.8 Å². The highest BCUT2D eigenvalue weighted by Crippen LogP contribution is 2.43. The van der Waals surface area contributed by atoms with Gasteiger partial charge in [-0.3, -0.25) is 14.6 Å². The van der Waals surface area contributed by atoms with Gasteiger partial charge in [-0.15, -0.1) is 0 Å². The van der Waals surface area contributed by atoms with Crippen LogP contribution >= 0.6 is 0 Å². The van der Waals surface area contributed by atoms with Gasteiger partial charge in [-0.05, 0) is 29.8 Å². The molecule has 2 atom stereocenters. The first-order valence-corrected chi connectivity index (χ1v) is 10.7. The molecule has 2 heterocycles. The lowest BCUT2D eigenvalue weighted by Gasteiger charge is -2.21. The highest BCUT2D eigenvalue weighted by atomic mass is 16.5. The zero-order valence-corrected chi connectivity index (χ0v) is 19.3. The third-order valence-corrected chi connectivity index (χ3v) is 5.75. The minimum absolute atomic E-state index is 0.0301. The summed E-state index contributed by atoms with van der Waals surface area (Å²) in [4.78, 5) is 32.0. The molecule has 3 rings (SSSR count). The number of rotatable bonds is 8. The van der Waals surface area contributed by atoms with Crippen molar-refractivity contribution in [2.45, 2.75) is 26.3 Å². The number of hydrogen-bond acceptors (Lipinski definition) is 6. The Morgan fingerprint density at radius 1 is 1.09 bits per heavy atom. The molecule has 2 amide bonds. The largest absolute Gasteiger partial charge is 0.493 e. The van der Waals surface area contributed by atoms with Gasteiger partial charge in [0, 0.05) is 31.1 Å². The number of hydrogen-bond donors (Lipinski definition) is 1. The summed E-state index contributed by atoms with van der Waals surface area (Å²) < 4.78 is 16.4. The summed E-state index contributed by atoms with van der Waals surface area (Å²) in [6, 6.07) is 9.28. The Hall–Kier alpha value is -3.29. The van der Waals surface area contributed by atoms with Crippen LogP contribution in [-0.2, 0) is 16.1 Å². The fourth-order valence-electron chi connectivity index (χ4n) is 4.08. The molecule has 8 heteroatoms. The zero-order chi connectivity index (χ0) is 23.3. The molecule has 0 bridgehead atoms. The molecule has 1 aliphatic rings. The number of likely N-dealkylation sites (tertiary alicyclic amines) is 1. The Kier molecular flexibility index (Phi) is 7.56. The Morgan fingerprint density at radius 2 is 1.78 bits per heavy atom. The van der Waals surface area contributed by atoms with Crippen LogP contribution in [0.15, 0.2) is 36.5 Å². The van der Waals surface area contributed by atoms with Crippen molar-refractivity contribution >= 4 is 11.8 Å². The van der Waals surface area contributed by atoms with E-state index in [1.54, 1.807) is 32.4 Å². The van der Waals surface area contributed by atoms with E-state index in [1.807, 2.05) is 44.2 Å². The van der Waals surface area contributed by atoms with Gasteiger partial charge in [0.1, 0.15) is 0 Å². The number of nitrogens with zero attached hydrogens (tertiary/aromatic N) is 2. The number of amides is 2. The molecular weight excluding hydrogens is 410 g/mol. The van der Waals surface area contributed by atoms with Gasteiger partial charge in [0.2, 0.25) is 17.6 Å². The van der Waals surface area contributed by atoms with E-state index in [4.69, 9.17) is 14.2 Å². The first kappa shape index (κ1) is 23.4. The summed E-state index contributed by atoms with van der Waals surface area (Å²) in [7, 11) is 4.66. The fourth-order valence-corrected chi connectivity index (χ4v) is 4.08. The molecule has 0 spiro atoms. The highest BCUT2D eigenvalue weighted by Gasteiger charge is 2.41. The molecule has 1 saturated heterocycles. The molecule has 1 aromatic carbocycles. The topological polar surface area (TPSA) is 90.0 Å². The number of aromatic nitrogens is 1. The maximum absolute atomic E-state index is 13.2. The van der Waals surface area contributed by atoms with Crippen LogP contribution in [0.5, 0.6) is 17.2 Å². The van der Waals surface area contributed by atoms with Gasteiger partial charge in [-0.25, -0.2) is 0 Å². The second-order valence-corrected chi connectivity index (χ2v) is 8.11. The highest BCUT2D eigenvalue weighted by molar-refractivity contribution is 5.84. The number of nitrogens with one attached hydrogen (secondary N) is 1. The molecule has 0 aliphatic carbocycles. The fraction of sp³-hybridized carbons (Fsp3) is 0.458. The molecule has 8 nitrogen and oxygen atoms in total. The number of benzene rings is 1. The average Bonchev–Trinajstić information content (AvgIpc) is 3.27. The first-order chi connectivity index (χ1) is 15.4. The van der Waals surface area contributed by atoms with Gasteiger partial charge in [-0.1, -0.05) is 19.9 Å². The van der Waals surface area contributed by atoms with E-state index in [1.165, 1.54) is 0 Å². The molecule has 0 saturated carbocycles. The van der Waals surface area contributed by atoms with Crippen LogP contribution in [0, 0.1) is 11.8 Å². The van der Waals surface area contributed by atoms with Crippen molar-refractivity contribution in [3.8, 4) is 17.2 Å². The maximum atomic E-state index is 13.2. The van der Waals surface area contributed by atoms with E-state index in [2.05, 4.69) is 10.3 Å². The molecule has 1 aliphatic heterocycles. The van der Waals surface area contributed by atoms with E-state index in [9.17, 15) is 9.59 Å². The number of carbonyl (C=O) groups is 2. The van der Waals surface area contributed by atoms with Gasteiger partial charge >= 0.3 is 0 Å². The summed E-state index contributed by atoms with van der Waals surface area (Å²) in [5.74, 6) is 0.662. The zero-order valence-electron chi connectivity index (χ0n) is 19.3. The summed E-state index contributed by atoms with van der Waals surface area (Å²) in [5.41, 5.74) is 1.63. The van der Waals surface area contributed by atoms with Crippen molar-refractivity contribution in [1.29, 1.82) is 0 Å². The number of methoxy groups -OCH3 is 3. The van der Waals surface area contributed by atoms with E-state index in [0.29, 0.717) is 36.9 Å². The Morgan fingerprint density at radius 3 is 2.31 bits per heavy atom. The maximum Gasteiger partial charge on any atom is 0.225 e. The van der Waals surface area contributed by atoms with Crippen molar-refractivity contribution in [3.63, 3.8) is 0 Å². The predicted molar refractivity (Wildman–Crippen MR) is 120 cm³/mol. The van der Waals surface area contributed by atoms with E-state index in [0.717, 1.165) is 11.3 Å². The third-order valence-electron chi connectivity index (χ3n) is 5.75. The minimum Gasteiger partial charge on any atom is -0.493 e. The molecule has 0 radical (unpaired) electrons. The SMILES string of the molecule is COc1cc(C2CN(C(=O)C(C)C)CC2C(=O)NCc2ccccn2)cc(OC)c1OC. The van der Waals surface area contributed by atoms with Gasteiger partial charge < -0.3 is 24.4 Å². The quantitative estimate of drug-likeness (QED) is 0.677. The lowest BCUT2D eigenvalue weighted by molar-refractivity contribution is -0.133. The molecule has 2 aromatic rings. The molecule has 172 valence electrons. The molecular formula is C24H31N3O5.